The quantitative estimate of drug-likeness (QED) is 0.494. The third-order valence-electron chi connectivity index (χ3n) is 1.16. The molecule has 0 saturated carbocycles. The molecule has 0 fully saturated rings. The first kappa shape index (κ1) is 10.5. The van der Waals surface area contributed by atoms with Gasteiger partial charge < -0.3 is 5.11 Å². The molecule has 48 valence electrons. The maximum atomic E-state index is 10.8. The van der Waals surface area contributed by atoms with Crippen LogP contribution in [0.5, 0.6) is 5.75 Å². The number of aryl methyl sites for hydroxylation is 1. The molecule has 0 amide bonds. The Morgan fingerprint density at radius 2 is 2.00 bits per heavy atom. The van der Waals surface area contributed by atoms with Gasteiger partial charge in [-0.15, -0.1) is 0 Å². The van der Waals surface area contributed by atoms with E-state index in [1.54, 1.807) is 6.07 Å². The van der Waals surface area contributed by atoms with E-state index in [4.69, 9.17) is 0 Å². The molecular formula is C7H6BrNaO. The number of halogens is 1. The average Bonchev–Trinajstić information content (AvgIpc) is 1.83. The smallest absolute Gasteiger partial charge is 0.872 e. The van der Waals surface area contributed by atoms with Gasteiger partial charge in [-0.25, -0.2) is 0 Å². The molecule has 1 rings (SSSR count). The topological polar surface area (TPSA) is 23.1 Å². The first-order valence-corrected chi connectivity index (χ1v) is 3.43. The van der Waals surface area contributed by atoms with E-state index in [1.807, 2.05) is 13.0 Å². The van der Waals surface area contributed by atoms with Crippen molar-refractivity contribution in [3.63, 3.8) is 0 Å². The molecule has 0 radical (unpaired) electrons. The predicted octanol–water partition coefficient (Wildman–Crippen LogP) is -1.16. The van der Waals surface area contributed by atoms with Crippen molar-refractivity contribution in [2.45, 2.75) is 6.92 Å². The summed E-state index contributed by atoms with van der Waals surface area (Å²) >= 11 is 3.17. The maximum Gasteiger partial charge on any atom is 1.00 e. The predicted molar refractivity (Wildman–Crippen MR) is 38.3 cm³/mol. The first-order valence-electron chi connectivity index (χ1n) is 2.64. The Kier molecular flexibility index (Phi) is 4.61. The minimum Gasteiger partial charge on any atom is -0.872 e. The van der Waals surface area contributed by atoms with Gasteiger partial charge >= 0.3 is 29.6 Å². The van der Waals surface area contributed by atoms with E-state index < -0.39 is 0 Å². The van der Waals surface area contributed by atoms with Gasteiger partial charge in [0.05, 0.1) is 0 Å². The monoisotopic (exact) mass is 208 g/mol. The summed E-state index contributed by atoms with van der Waals surface area (Å²) in [5.74, 6) is 0.0509. The zero-order chi connectivity index (χ0) is 6.85. The largest absolute Gasteiger partial charge is 1.00 e. The van der Waals surface area contributed by atoms with E-state index in [9.17, 15) is 5.11 Å². The van der Waals surface area contributed by atoms with E-state index in [1.165, 1.54) is 6.07 Å². The number of rotatable bonds is 0. The summed E-state index contributed by atoms with van der Waals surface area (Å²) in [5, 5.41) is 10.8. The van der Waals surface area contributed by atoms with Crippen LogP contribution >= 0.6 is 15.9 Å². The third kappa shape index (κ3) is 2.27. The summed E-state index contributed by atoms with van der Waals surface area (Å²) in [6.07, 6.45) is 0. The van der Waals surface area contributed by atoms with Crippen LogP contribution in [0.3, 0.4) is 0 Å². The zero-order valence-corrected chi connectivity index (χ0v) is 9.60. The fraction of sp³-hybridized carbons (Fsp3) is 0.143. The van der Waals surface area contributed by atoms with E-state index >= 15 is 0 Å². The molecule has 1 aromatic carbocycles. The Bertz CT molecular complexity index is 205. The van der Waals surface area contributed by atoms with Gasteiger partial charge in [0.2, 0.25) is 0 Å². The second kappa shape index (κ2) is 4.39. The number of hydrogen-bond donors (Lipinski definition) is 0. The van der Waals surface area contributed by atoms with Gasteiger partial charge in [0.25, 0.3) is 0 Å². The molecule has 0 saturated heterocycles. The summed E-state index contributed by atoms with van der Waals surface area (Å²) < 4.78 is 0.671. The van der Waals surface area contributed by atoms with Gasteiger partial charge in [-0.1, -0.05) is 39.9 Å². The van der Waals surface area contributed by atoms with E-state index in [-0.39, 0.29) is 35.3 Å². The first-order chi connectivity index (χ1) is 4.22. The summed E-state index contributed by atoms with van der Waals surface area (Å²) in [6.45, 7) is 1.89. The zero-order valence-electron chi connectivity index (χ0n) is 6.02. The fourth-order valence-electron chi connectivity index (χ4n) is 0.621. The van der Waals surface area contributed by atoms with Crippen LogP contribution in [0, 0.1) is 6.92 Å². The second-order valence-corrected chi connectivity index (χ2v) is 2.68. The fourth-order valence-corrected chi connectivity index (χ4v) is 0.885. The minimum absolute atomic E-state index is 0. The molecule has 0 aliphatic heterocycles. The van der Waals surface area contributed by atoms with Crippen LogP contribution in [0.1, 0.15) is 5.56 Å². The van der Waals surface area contributed by atoms with Gasteiger partial charge in [-0.2, -0.15) is 0 Å². The molecule has 0 aliphatic carbocycles. The van der Waals surface area contributed by atoms with Crippen molar-refractivity contribution in [1.29, 1.82) is 0 Å². The Balaban J connectivity index is 0.000000810. The third-order valence-corrected chi connectivity index (χ3v) is 2.17. The van der Waals surface area contributed by atoms with Crippen LogP contribution in [-0.4, -0.2) is 0 Å². The SMILES string of the molecule is Cc1cccc([O-])c1Br.[Na+]. The molecule has 1 nitrogen and oxygen atoms in total. The standard InChI is InChI=1S/C7H7BrO.Na/c1-5-3-2-4-6(9)7(5)8;/h2-4,9H,1H3;/q;+1/p-1. The summed E-state index contributed by atoms with van der Waals surface area (Å²) in [5.41, 5.74) is 0.988. The van der Waals surface area contributed by atoms with Crippen molar-refractivity contribution < 1.29 is 34.7 Å². The molecule has 0 N–H and O–H groups in total. The van der Waals surface area contributed by atoms with Crippen molar-refractivity contribution in [3.8, 4) is 5.75 Å². The molecule has 0 unspecified atom stereocenters. The molecule has 0 spiro atoms. The number of benzene rings is 1. The van der Waals surface area contributed by atoms with E-state index in [2.05, 4.69) is 15.9 Å². The number of hydrogen-bond acceptors (Lipinski definition) is 1. The van der Waals surface area contributed by atoms with Crippen molar-refractivity contribution in [3.05, 3.63) is 28.2 Å². The molecule has 0 aliphatic rings. The molecule has 1 aromatic rings. The summed E-state index contributed by atoms with van der Waals surface area (Å²) in [7, 11) is 0. The Morgan fingerprint density at radius 3 is 2.40 bits per heavy atom. The Labute approximate surface area is 90.9 Å². The van der Waals surface area contributed by atoms with Gasteiger partial charge in [0.1, 0.15) is 0 Å². The summed E-state index contributed by atoms with van der Waals surface area (Å²) in [4.78, 5) is 0. The maximum absolute atomic E-state index is 10.8. The van der Waals surface area contributed by atoms with Crippen LogP contribution < -0.4 is 34.7 Å². The van der Waals surface area contributed by atoms with Crippen LogP contribution in [0.15, 0.2) is 22.7 Å². The van der Waals surface area contributed by atoms with Crippen LogP contribution in [0.2, 0.25) is 0 Å². The molecule has 0 heterocycles. The van der Waals surface area contributed by atoms with Gasteiger partial charge in [-0.3, -0.25) is 0 Å². The van der Waals surface area contributed by atoms with Crippen LogP contribution in [-0.2, 0) is 0 Å². The average molecular weight is 209 g/mol. The molecule has 0 bridgehead atoms. The molecule has 0 atom stereocenters. The van der Waals surface area contributed by atoms with E-state index in [0.717, 1.165) is 5.56 Å². The molecule has 0 aromatic heterocycles. The molecule has 3 heteroatoms. The molecular weight excluding hydrogens is 203 g/mol. The van der Waals surface area contributed by atoms with Crippen molar-refractivity contribution in [2.24, 2.45) is 0 Å². The Hall–Kier alpha value is 0.500. The van der Waals surface area contributed by atoms with Gasteiger partial charge in [0.15, 0.2) is 0 Å². The van der Waals surface area contributed by atoms with Crippen LogP contribution in [0.4, 0.5) is 0 Å². The van der Waals surface area contributed by atoms with Crippen molar-refractivity contribution >= 4 is 15.9 Å². The minimum atomic E-state index is 0. The van der Waals surface area contributed by atoms with Crippen molar-refractivity contribution in [2.75, 3.05) is 0 Å². The van der Waals surface area contributed by atoms with Gasteiger partial charge in [0, 0.05) is 4.47 Å². The van der Waals surface area contributed by atoms with Gasteiger partial charge in [-0.05, 0) is 12.5 Å². The normalized spacial score (nSPS) is 8.60. The Morgan fingerprint density at radius 1 is 1.40 bits per heavy atom. The molecule has 10 heavy (non-hydrogen) atoms. The second-order valence-electron chi connectivity index (χ2n) is 1.89. The summed E-state index contributed by atoms with van der Waals surface area (Å²) in [6, 6.07) is 5.19. The van der Waals surface area contributed by atoms with Crippen LogP contribution in [0.25, 0.3) is 0 Å². The van der Waals surface area contributed by atoms with Crippen molar-refractivity contribution in [1.82, 2.24) is 0 Å². The van der Waals surface area contributed by atoms with E-state index in [0.29, 0.717) is 4.47 Å².